The molecule has 3 heterocycles. The van der Waals surface area contributed by atoms with Gasteiger partial charge in [0.25, 0.3) is 0 Å². The number of hydrogen-bond acceptors (Lipinski definition) is 3. The highest BCUT2D eigenvalue weighted by atomic mass is 79.9. The number of rotatable bonds is 2. The van der Waals surface area contributed by atoms with Crippen LogP contribution >= 0.6 is 15.9 Å². The van der Waals surface area contributed by atoms with E-state index in [-0.39, 0.29) is 17.7 Å². The highest BCUT2D eigenvalue weighted by Gasteiger charge is 2.49. The summed E-state index contributed by atoms with van der Waals surface area (Å²) in [6.07, 6.45) is -4.48. The highest BCUT2D eigenvalue weighted by Crippen LogP contribution is 2.52. The number of fused-ring (bicyclic) bond motifs is 4. The molecule has 0 N–H and O–H groups in total. The van der Waals surface area contributed by atoms with Crippen LogP contribution in [0.15, 0.2) is 63.5 Å². The lowest BCUT2D eigenvalue weighted by Gasteiger charge is -2.24. The average Bonchev–Trinajstić information content (AvgIpc) is 3.34. The van der Waals surface area contributed by atoms with E-state index in [1.807, 2.05) is 30.3 Å². The van der Waals surface area contributed by atoms with Gasteiger partial charge in [-0.25, -0.2) is 0 Å². The van der Waals surface area contributed by atoms with E-state index in [9.17, 15) is 13.2 Å². The molecule has 7 heteroatoms. The number of ether oxygens (including phenoxy) is 1. The fourth-order valence-corrected chi connectivity index (χ4v) is 4.59. The number of furan rings is 1. The number of benzene rings is 2. The van der Waals surface area contributed by atoms with Crippen molar-refractivity contribution >= 4 is 21.6 Å². The van der Waals surface area contributed by atoms with Crippen molar-refractivity contribution in [2.75, 3.05) is 18.1 Å². The van der Waals surface area contributed by atoms with Gasteiger partial charge in [0.2, 0.25) is 5.76 Å². The van der Waals surface area contributed by atoms with Crippen molar-refractivity contribution in [3.05, 3.63) is 81.7 Å². The minimum atomic E-state index is -4.48. The standard InChI is InChI=1S/C21H15BrF3NO2/c22-13-5-7-18-16(9-13)20(12-27-18)11-26(17-4-2-1-3-15(17)20)10-14-6-8-19(28-14)21(23,24)25/h1-9H,10-12H2. The molecule has 144 valence electrons. The highest BCUT2D eigenvalue weighted by molar-refractivity contribution is 9.10. The number of hydrogen-bond donors (Lipinski definition) is 0. The molecule has 2 aliphatic rings. The smallest absolute Gasteiger partial charge is 0.449 e. The first-order valence-electron chi connectivity index (χ1n) is 8.80. The van der Waals surface area contributed by atoms with Gasteiger partial charge in [-0.1, -0.05) is 34.1 Å². The van der Waals surface area contributed by atoms with E-state index >= 15 is 0 Å². The Hall–Kier alpha value is -2.41. The maximum atomic E-state index is 12.9. The molecule has 0 aliphatic carbocycles. The second-order valence-electron chi connectivity index (χ2n) is 7.15. The summed E-state index contributed by atoms with van der Waals surface area (Å²) in [5.41, 5.74) is 2.85. The van der Waals surface area contributed by atoms with Gasteiger partial charge in [0, 0.05) is 22.3 Å². The number of anilines is 1. The van der Waals surface area contributed by atoms with E-state index in [1.165, 1.54) is 6.07 Å². The van der Waals surface area contributed by atoms with Crippen LogP contribution in [0.5, 0.6) is 5.75 Å². The van der Waals surface area contributed by atoms with Gasteiger partial charge >= 0.3 is 6.18 Å². The fourth-order valence-electron chi connectivity index (χ4n) is 4.23. The van der Waals surface area contributed by atoms with Gasteiger partial charge in [-0.2, -0.15) is 13.2 Å². The molecule has 3 nitrogen and oxygen atoms in total. The monoisotopic (exact) mass is 449 g/mol. The van der Waals surface area contributed by atoms with Crippen molar-refractivity contribution in [1.82, 2.24) is 0 Å². The summed E-state index contributed by atoms with van der Waals surface area (Å²) in [5, 5.41) is 0. The van der Waals surface area contributed by atoms with Crippen LogP contribution in [-0.2, 0) is 18.1 Å². The van der Waals surface area contributed by atoms with E-state index in [0.717, 1.165) is 33.1 Å². The third-order valence-electron chi connectivity index (χ3n) is 5.44. The second-order valence-corrected chi connectivity index (χ2v) is 8.06. The van der Waals surface area contributed by atoms with Gasteiger partial charge < -0.3 is 14.1 Å². The Morgan fingerprint density at radius 1 is 1.04 bits per heavy atom. The van der Waals surface area contributed by atoms with Gasteiger partial charge in [0.15, 0.2) is 0 Å². The fraction of sp³-hybridized carbons (Fsp3) is 0.238. The molecule has 0 radical (unpaired) electrons. The van der Waals surface area contributed by atoms with Crippen LogP contribution in [0.25, 0.3) is 0 Å². The van der Waals surface area contributed by atoms with Crippen molar-refractivity contribution in [2.24, 2.45) is 0 Å². The average molecular weight is 450 g/mol. The Morgan fingerprint density at radius 3 is 2.64 bits per heavy atom. The summed E-state index contributed by atoms with van der Waals surface area (Å²) in [7, 11) is 0. The van der Waals surface area contributed by atoms with Gasteiger partial charge in [-0.3, -0.25) is 0 Å². The van der Waals surface area contributed by atoms with Crippen LogP contribution in [-0.4, -0.2) is 13.2 Å². The minimum absolute atomic E-state index is 0.262. The third-order valence-corrected chi connectivity index (χ3v) is 5.93. The summed E-state index contributed by atoms with van der Waals surface area (Å²) < 4.78 is 50.6. The van der Waals surface area contributed by atoms with E-state index in [0.29, 0.717) is 13.2 Å². The molecular formula is C21H15BrF3NO2. The maximum absolute atomic E-state index is 12.9. The predicted octanol–water partition coefficient (Wildman–Crippen LogP) is 5.76. The molecular weight excluding hydrogens is 435 g/mol. The van der Waals surface area contributed by atoms with Crippen LogP contribution in [0.3, 0.4) is 0 Å². The number of para-hydroxylation sites is 1. The predicted molar refractivity (Wildman–Crippen MR) is 102 cm³/mol. The molecule has 1 spiro atoms. The normalized spacial score (nSPS) is 20.4. The van der Waals surface area contributed by atoms with E-state index in [1.54, 1.807) is 0 Å². The zero-order valence-electron chi connectivity index (χ0n) is 14.6. The Bertz CT molecular complexity index is 1060. The molecule has 0 amide bonds. The molecule has 2 aromatic carbocycles. The number of alkyl halides is 3. The first kappa shape index (κ1) is 17.7. The van der Waals surface area contributed by atoms with Gasteiger partial charge in [-0.15, -0.1) is 0 Å². The van der Waals surface area contributed by atoms with Crippen LogP contribution < -0.4 is 9.64 Å². The Labute approximate surface area is 167 Å². The van der Waals surface area contributed by atoms with Gasteiger partial charge in [0.1, 0.15) is 18.1 Å². The Balaban J connectivity index is 1.54. The molecule has 0 saturated carbocycles. The molecule has 1 aromatic heterocycles. The first-order valence-corrected chi connectivity index (χ1v) is 9.59. The van der Waals surface area contributed by atoms with Crippen molar-refractivity contribution in [2.45, 2.75) is 18.1 Å². The maximum Gasteiger partial charge on any atom is 0.449 e. The molecule has 1 unspecified atom stereocenters. The number of nitrogens with zero attached hydrogens (tertiary/aromatic N) is 1. The summed E-state index contributed by atoms with van der Waals surface area (Å²) in [6, 6.07) is 16.3. The number of halogens is 4. The van der Waals surface area contributed by atoms with Crippen molar-refractivity contribution in [3.8, 4) is 5.75 Å². The van der Waals surface area contributed by atoms with Crippen molar-refractivity contribution < 1.29 is 22.3 Å². The van der Waals surface area contributed by atoms with Crippen molar-refractivity contribution in [1.29, 1.82) is 0 Å². The summed E-state index contributed by atoms with van der Waals surface area (Å²) >= 11 is 3.53. The third kappa shape index (κ3) is 2.64. The van der Waals surface area contributed by atoms with Crippen LogP contribution in [0.4, 0.5) is 18.9 Å². The van der Waals surface area contributed by atoms with E-state index < -0.39 is 11.9 Å². The quantitative estimate of drug-likeness (QED) is 0.497. The van der Waals surface area contributed by atoms with Crippen LogP contribution in [0.2, 0.25) is 0 Å². The summed E-state index contributed by atoms with van der Waals surface area (Å²) in [5.74, 6) is 0.160. The van der Waals surface area contributed by atoms with Crippen LogP contribution in [0, 0.1) is 0 Å². The minimum Gasteiger partial charge on any atom is -0.492 e. The molecule has 5 rings (SSSR count). The van der Waals surface area contributed by atoms with E-state index in [4.69, 9.17) is 9.15 Å². The van der Waals surface area contributed by atoms with Gasteiger partial charge in [0.05, 0.1) is 12.0 Å². The Morgan fingerprint density at radius 2 is 1.86 bits per heavy atom. The first-order chi connectivity index (χ1) is 13.4. The molecule has 0 saturated heterocycles. The molecule has 0 fully saturated rings. The SMILES string of the molecule is FC(F)(F)c1ccc(CN2CC3(COc4ccc(Br)cc43)c3ccccc32)o1. The summed E-state index contributed by atoms with van der Waals surface area (Å²) in [6.45, 7) is 1.37. The molecule has 3 aromatic rings. The lowest BCUT2D eigenvalue weighted by molar-refractivity contribution is -0.153. The topological polar surface area (TPSA) is 25.6 Å². The molecule has 28 heavy (non-hydrogen) atoms. The molecule has 0 bridgehead atoms. The van der Waals surface area contributed by atoms with Crippen LogP contribution in [0.1, 0.15) is 22.6 Å². The summed E-state index contributed by atoms with van der Waals surface area (Å²) in [4.78, 5) is 2.06. The molecule has 1 atom stereocenters. The lowest BCUT2D eigenvalue weighted by Crippen LogP contribution is -2.35. The zero-order chi connectivity index (χ0) is 19.5. The lowest BCUT2D eigenvalue weighted by atomic mass is 9.78. The van der Waals surface area contributed by atoms with E-state index in [2.05, 4.69) is 33.0 Å². The van der Waals surface area contributed by atoms with Crippen molar-refractivity contribution in [3.63, 3.8) is 0 Å². The second kappa shape index (κ2) is 6.04. The largest absolute Gasteiger partial charge is 0.492 e. The zero-order valence-corrected chi connectivity index (χ0v) is 16.2. The van der Waals surface area contributed by atoms with Gasteiger partial charge in [-0.05, 0) is 42.0 Å². The Kier molecular flexibility index (Phi) is 3.81. The molecule has 2 aliphatic heterocycles.